The molecule has 4 atom stereocenters. The Labute approximate surface area is 150 Å². The second-order valence-electron chi connectivity index (χ2n) is 8.06. The summed E-state index contributed by atoms with van der Waals surface area (Å²) >= 11 is 0. The van der Waals surface area contributed by atoms with Crippen LogP contribution in [0, 0.1) is 18.8 Å². The summed E-state index contributed by atoms with van der Waals surface area (Å²) in [6, 6.07) is 6.12. The first-order valence-electron chi connectivity index (χ1n) is 9.33. The van der Waals surface area contributed by atoms with Gasteiger partial charge < -0.3 is 15.5 Å². The molecule has 1 aromatic carbocycles. The highest BCUT2D eigenvalue weighted by molar-refractivity contribution is 5.94. The van der Waals surface area contributed by atoms with Crippen LogP contribution in [0.2, 0.25) is 0 Å². The second-order valence-corrected chi connectivity index (χ2v) is 8.06. The smallest absolute Gasteiger partial charge is 0.238 e. The number of nitrogens with one attached hydrogen (secondary N) is 1. The summed E-state index contributed by atoms with van der Waals surface area (Å²) in [7, 11) is 0. The molecule has 1 amide bonds. The topological polar surface area (TPSA) is 72.8 Å². The molecule has 0 bridgehead atoms. The van der Waals surface area contributed by atoms with E-state index in [2.05, 4.69) is 30.1 Å². The molecule has 0 aromatic heterocycles. The van der Waals surface area contributed by atoms with Crippen molar-refractivity contribution in [2.24, 2.45) is 11.8 Å². The quantitative estimate of drug-likeness (QED) is 0.781. The standard InChI is InChI=1S/C20H30N2O3/c1-12(2)16-6-4-5-13(3)20(16)21-19(25)11-22-9-14-7-17(23)18(24)8-15(14)10-22/h4-6,12,14-15,17-18,23-24H,7-11H2,1-3H3,(H,21,25)/t14-,15+,17-,18-/m0/s1. The molecule has 1 saturated heterocycles. The molecule has 5 heteroatoms. The Bertz CT molecular complexity index is 613. The highest BCUT2D eigenvalue weighted by Crippen LogP contribution is 2.36. The van der Waals surface area contributed by atoms with Crippen molar-refractivity contribution in [2.45, 2.75) is 51.7 Å². The van der Waals surface area contributed by atoms with Crippen LogP contribution in [0.25, 0.3) is 0 Å². The number of para-hydroxylation sites is 1. The Morgan fingerprint density at radius 2 is 1.80 bits per heavy atom. The minimum Gasteiger partial charge on any atom is -0.390 e. The second kappa shape index (κ2) is 7.44. The predicted octanol–water partition coefficient (Wildman–Crippen LogP) is 2.12. The van der Waals surface area contributed by atoms with Crippen LogP contribution in [0.5, 0.6) is 0 Å². The largest absolute Gasteiger partial charge is 0.390 e. The molecule has 2 aliphatic rings. The molecule has 0 spiro atoms. The summed E-state index contributed by atoms with van der Waals surface area (Å²) in [5.74, 6) is 1.13. The lowest BCUT2D eigenvalue weighted by Gasteiger charge is -2.32. The van der Waals surface area contributed by atoms with Crippen molar-refractivity contribution < 1.29 is 15.0 Å². The van der Waals surface area contributed by atoms with Gasteiger partial charge in [0.2, 0.25) is 5.91 Å². The van der Waals surface area contributed by atoms with Crippen molar-refractivity contribution in [1.82, 2.24) is 4.90 Å². The Morgan fingerprint density at radius 3 is 2.36 bits per heavy atom. The van der Waals surface area contributed by atoms with E-state index in [9.17, 15) is 15.0 Å². The van der Waals surface area contributed by atoms with Crippen molar-refractivity contribution in [1.29, 1.82) is 0 Å². The van der Waals surface area contributed by atoms with E-state index in [1.54, 1.807) is 0 Å². The molecule has 138 valence electrons. The van der Waals surface area contributed by atoms with Crippen LogP contribution in [0.3, 0.4) is 0 Å². The molecule has 1 saturated carbocycles. The van der Waals surface area contributed by atoms with Crippen LogP contribution in [-0.4, -0.2) is 52.9 Å². The SMILES string of the molecule is Cc1cccc(C(C)C)c1NC(=O)CN1C[C@H]2C[C@H](O)[C@@H](O)C[C@H]2C1. The maximum atomic E-state index is 12.6. The van der Waals surface area contributed by atoms with Crippen molar-refractivity contribution in [3.63, 3.8) is 0 Å². The number of carbonyl (C=O) groups is 1. The van der Waals surface area contributed by atoms with E-state index in [1.807, 2.05) is 19.1 Å². The zero-order chi connectivity index (χ0) is 18.1. The van der Waals surface area contributed by atoms with Gasteiger partial charge in [-0.25, -0.2) is 0 Å². The molecular weight excluding hydrogens is 316 g/mol. The Kier molecular flexibility index (Phi) is 5.46. The molecular formula is C20H30N2O3. The highest BCUT2D eigenvalue weighted by atomic mass is 16.3. The summed E-state index contributed by atoms with van der Waals surface area (Å²) in [4.78, 5) is 14.7. The molecule has 1 aliphatic heterocycles. The number of hydrogen-bond acceptors (Lipinski definition) is 4. The van der Waals surface area contributed by atoms with Gasteiger partial charge in [-0.15, -0.1) is 0 Å². The zero-order valence-corrected chi connectivity index (χ0v) is 15.4. The van der Waals surface area contributed by atoms with Gasteiger partial charge in [0, 0.05) is 18.8 Å². The summed E-state index contributed by atoms with van der Waals surface area (Å²) in [5.41, 5.74) is 3.18. The van der Waals surface area contributed by atoms with Crippen molar-refractivity contribution in [3.05, 3.63) is 29.3 Å². The molecule has 5 nitrogen and oxygen atoms in total. The zero-order valence-electron chi connectivity index (χ0n) is 15.4. The molecule has 2 fully saturated rings. The van der Waals surface area contributed by atoms with Crippen molar-refractivity contribution in [2.75, 3.05) is 25.0 Å². The first-order chi connectivity index (χ1) is 11.8. The van der Waals surface area contributed by atoms with E-state index in [1.165, 1.54) is 0 Å². The highest BCUT2D eigenvalue weighted by Gasteiger charge is 2.41. The molecule has 1 aliphatic carbocycles. The molecule has 0 radical (unpaired) electrons. The molecule has 1 heterocycles. The van der Waals surface area contributed by atoms with Gasteiger partial charge in [0.25, 0.3) is 0 Å². The van der Waals surface area contributed by atoms with E-state index in [0.717, 1.165) is 29.9 Å². The Balaban J connectivity index is 1.61. The van der Waals surface area contributed by atoms with Crippen LogP contribution in [0.1, 0.15) is 43.7 Å². The number of aliphatic hydroxyl groups excluding tert-OH is 2. The van der Waals surface area contributed by atoms with Gasteiger partial charge in [-0.05, 0) is 48.6 Å². The average molecular weight is 346 g/mol. The Morgan fingerprint density at radius 1 is 1.20 bits per heavy atom. The van der Waals surface area contributed by atoms with Gasteiger partial charge in [0.05, 0.1) is 18.8 Å². The molecule has 3 rings (SSSR count). The number of amides is 1. The molecule has 1 aromatic rings. The number of hydrogen-bond donors (Lipinski definition) is 3. The van der Waals surface area contributed by atoms with E-state index in [0.29, 0.717) is 37.1 Å². The fourth-order valence-electron chi connectivity index (χ4n) is 4.36. The van der Waals surface area contributed by atoms with Crippen molar-refractivity contribution in [3.8, 4) is 0 Å². The summed E-state index contributed by atoms with van der Waals surface area (Å²) in [5, 5.41) is 22.8. The van der Waals surface area contributed by atoms with E-state index in [-0.39, 0.29) is 5.91 Å². The lowest BCUT2D eigenvalue weighted by molar-refractivity contribution is -0.117. The summed E-state index contributed by atoms with van der Waals surface area (Å²) in [6.07, 6.45) is 0.0459. The average Bonchev–Trinajstić information content (AvgIpc) is 2.90. The minimum absolute atomic E-state index is 0.0101. The van der Waals surface area contributed by atoms with Crippen LogP contribution in [0.4, 0.5) is 5.69 Å². The van der Waals surface area contributed by atoms with Crippen LogP contribution >= 0.6 is 0 Å². The third-order valence-corrected chi connectivity index (χ3v) is 5.74. The van der Waals surface area contributed by atoms with Gasteiger partial charge in [0.1, 0.15) is 0 Å². The fourth-order valence-corrected chi connectivity index (χ4v) is 4.36. The van der Waals surface area contributed by atoms with Gasteiger partial charge in [-0.1, -0.05) is 32.0 Å². The lowest BCUT2D eigenvalue weighted by atomic mass is 9.79. The third kappa shape index (κ3) is 4.05. The van der Waals surface area contributed by atoms with Crippen LogP contribution in [-0.2, 0) is 4.79 Å². The number of aryl methyl sites for hydroxylation is 1. The van der Waals surface area contributed by atoms with Gasteiger partial charge in [-0.2, -0.15) is 0 Å². The maximum absolute atomic E-state index is 12.6. The number of carbonyl (C=O) groups excluding carboxylic acids is 1. The monoisotopic (exact) mass is 346 g/mol. The Hall–Kier alpha value is -1.43. The van der Waals surface area contributed by atoms with Crippen LogP contribution in [0.15, 0.2) is 18.2 Å². The maximum Gasteiger partial charge on any atom is 0.238 e. The van der Waals surface area contributed by atoms with Crippen molar-refractivity contribution >= 4 is 11.6 Å². The summed E-state index contributed by atoms with van der Waals surface area (Å²) < 4.78 is 0. The number of fused-ring (bicyclic) bond motifs is 1. The minimum atomic E-state index is -0.615. The van der Waals surface area contributed by atoms with E-state index in [4.69, 9.17) is 0 Å². The number of benzene rings is 1. The van der Waals surface area contributed by atoms with E-state index < -0.39 is 12.2 Å². The first-order valence-corrected chi connectivity index (χ1v) is 9.33. The van der Waals surface area contributed by atoms with Gasteiger partial charge >= 0.3 is 0 Å². The molecule has 25 heavy (non-hydrogen) atoms. The number of likely N-dealkylation sites (tertiary alicyclic amines) is 1. The molecule has 3 N–H and O–H groups in total. The van der Waals surface area contributed by atoms with Crippen LogP contribution < -0.4 is 5.32 Å². The lowest BCUT2D eigenvalue weighted by Crippen LogP contribution is -2.38. The fraction of sp³-hybridized carbons (Fsp3) is 0.650. The predicted molar refractivity (Wildman–Crippen MR) is 98.6 cm³/mol. The normalized spacial score (nSPS) is 29.7. The number of anilines is 1. The van der Waals surface area contributed by atoms with E-state index >= 15 is 0 Å². The number of nitrogens with zero attached hydrogens (tertiary/aromatic N) is 1. The molecule has 0 unspecified atom stereocenters. The number of rotatable bonds is 4. The van der Waals surface area contributed by atoms with Gasteiger partial charge in [0.15, 0.2) is 0 Å². The third-order valence-electron chi connectivity index (χ3n) is 5.74. The first kappa shape index (κ1) is 18.4. The number of aliphatic hydroxyl groups is 2. The van der Waals surface area contributed by atoms with Gasteiger partial charge in [-0.3, -0.25) is 9.69 Å². The summed E-state index contributed by atoms with van der Waals surface area (Å²) in [6.45, 7) is 8.30.